The van der Waals surface area contributed by atoms with Gasteiger partial charge in [0, 0.05) is 6.54 Å². The highest BCUT2D eigenvalue weighted by Gasteiger charge is 2.16. The van der Waals surface area contributed by atoms with Crippen LogP contribution in [0.4, 0.5) is 5.82 Å². The van der Waals surface area contributed by atoms with Gasteiger partial charge in [-0.2, -0.15) is 0 Å². The van der Waals surface area contributed by atoms with Gasteiger partial charge < -0.3 is 25.3 Å². The molecule has 0 radical (unpaired) electrons. The fourth-order valence-corrected chi connectivity index (χ4v) is 1.11. The van der Waals surface area contributed by atoms with Gasteiger partial charge in [0.05, 0.1) is 0 Å². The second-order valence-corrected chi connectivity index (χ2v) is 3.10. The zero-order valence-electron chi connectivity index (χ0n) is 8.79. The zero-order chi connectivity index (χ0) is 12.0. The SMILES string of the molecule is CNCC(O)COc1cccnc1[N+](=O)[O-]. The molecule has 0 fully saturated rings. The molecule has 0 saturated heterocycles. The van der Waals surface area contributed by atoms with E-state index in [1.807, 2.05) is 0 Å². The predicted molar refractivity (Wildman–Crippen MR) is 56.3 cm³/mol. The largest absolute Gasteiger partial charge is 0.483 e. The number of ether oxygens (including phenoxy) is 1. The molecule has 16 heavy (non-hydrogen) atoms. The van der Waals surface area contributed by atoms with Crippen LogP contribution in [0.5, 0.6) is 5.75 Å². The summed E-state index contributed by atoms with van der Waals surface area (Å²) in [6.45, 7) is 0.335. The second kappa shape index (κ2) is 5.99. The van der Waals surface area contributed by atoms with Gasteiger partial charge in [0.2, 0.25) is 5.75 Å². The molecule has 1 atom stereocenters. The standard InChI is InChI=1S/C9H13N3O4/c1-10-5-7(13)6-16-8-3-2-4-11-9(8)12(14)15/h2-4,7,10,13H,5-6H2,1H3. The maximum atomic E-state index is 10.6. The Hall–Kier alpha value is -1.73. The van der Waals surface area contributed by atoms with Crippen LogP contribution in [0.2, 0.25) is 0 Å². The average Bonchev–Trinajstić information content (AvgIpc) is 2.27. The molecule has 0 aliphatic heterocycles. The molecule has 0 aliphatic carbocycles. The Morgan fingerprint density at radius 2 is 2.50 bits per heavy atom. The summed E-state index contributed by atoms with van der Waals surface area (Å²) in [7, 11) is 1.69. The second-order valence-electron chi connectivity index (χ2n) is 3.10. The van der Waals surface area contributed by atoms with E-state index in [0.29, 0.717) is 6.54 Å². The Kier molecular flexibility index (Phi) is 4.62. The van der Waals surface area contributed by atoms with Crippen LogP contribution in [0.25, 0.3) is 0 Å². The fraction of sp³-hybridized carbons (Fsp3) is 0.444. The number of likely N-dealkylation sites (N-methyl/N-ethyl adjacent to an activating group) is 1. The third-order valence-corrected chi connectivity index (χ3v) is 1.79. The number of aliphatic hydroxyl groups excluding tert-OH is 1. The van der Waals surface area contributed by atoms with Crippen LogP contribution in [0, 0.1) is 10.1 Å². The Morgan fingerprint density at radius 1 is 1.75 bits per heavy atom. The van der Waals surface area contributed by atoms with Gasteiger partial charge in [0.25, 0.3) is 0 Å². The average molecular weight is 227 g/mol. The smallest absolute Gasteiger partial charge is 0.406 e. The molecule has 0 saturated carbocycles. The first kappa shape index (κ1) is 12.3. The first-order valence-corrected chi connectivity index (χ1v) is 4.70. The van der Waals surface area contributed by atoms with Crippen LogP contribution >= 0.6 is 0 Å². The maximum absolute atomic E-state index is 10.6. The fourth-order valence-electron chi connectivity index (χ4n) is 1.11. The lowest BCUT2D eigenvalue weighted by molar-refractivity contribution is -0.390. The van der Waals surface area contributed by atoms with Gasteiger partial charge >= 0.3 is 5.82 Å². The minimum atomic E-state index is -0.718. The van der Waals surface area contributed by atoms with Crippen molar-refractivity contribution in [3.05, 3.63) is 28.4 Å². The van der Waals surface area contributed by atoms with E-state index >= 15 is 0 Å². The normalized spacial score (nSPS) is 12.1. The molecule has 7 heteroatoms. The highest BCUT2D eigenvalue weighted by Crippen LogP contribution is 2.22. The number of nitro groups is 1. The van der Waals surface area contributed by atoms with E-state index in [0.717, 1.165) is 0 Å². The number of hydrogen-bond acceptors (Lipinski definition) is 6. The lowest BCUT2D eigenvalue weighted by atomic mass is 10.3. The third-order valence-electron chi connectivity index (χ3n) is 1.79. The van der Waals surface area contributed by atoms with E-state index in [1.165, 1.54) is 18.3 Å². The van der Waals surface area contributed by atoms with Crippen LogP contribution in [-0.2, 0) is 0 Å². The molecule has 0 aliphatic rings. The summed E-state index contributed by atoms with van der Waals surface area (Å²) in [4.78, 5) is 13.5. The summed E-state index contributed by atoms with van der Waals surface area (Å²) in [6.07, 6.45) is 0.597. The minimum absolute atomic E-state index is 0.0205. The zero-order valence-corrected chi connectivity index (χ0v) is 8.79. The molecule has 1 rings (SSSR count). The van der Waals surface area contributed by atoms with Crippen molar-refractivity contribution in [2.75, 3.05) is 20.2 Å². The van der Waals surface area contributed by atoms with Crippen LogP contribution in [-0.4, -0.2) is 41.3 Å². The third kappa shape index (κ3) is 3.44. The van der Waals surface area contributed by atoms with Crippen LogP contribution in [0.15, 0.2) is 18.3 Å². The number of nitrogens with zero attached hydrogens (tertiary/aromatic N) is 2. The van der Waals surface area contributed by atoms with Crippen molar-refractivity contribution in [3.8, 4) is 5.75 Å². The van der Waals surface area contributed by atoms with E-state index in [2.05, 4.69) is 10.3 Å². The first-order valence-electron chi connectivity index (χ1n) is 4.70. The molecule has 0 aromatic carbocycles. The summed E-state index contributed by atoms with van der Waals surface area (Å²) in [5, 5.41) is 22.7. The van der Waals surface area contributed by atoms with Gasteiger partial charge in [-0.25, -0.2) is 0 Å². The molecule has 1 heterocycles. The number of rotatable bonds is 6. The van der Waals surface area contributed by atoms with E-state index in [9.17, 15) is 15.2 Å². The molecule has 2 N–H and O–H groups in total. The van der Waals surface area contributed by atoms with E-state index in [4.69, 9.17) is 4.74 Å². The van der Waals surface area contributed by atoms with Gasteiger partial charge in [-0.1, -0.05) is 0 Å². The summed E-state index contributed by atoms with van der Waals surface area (Å²) in [6, 6.07) is 2.98. The highest BCUT2D eigenvalue weighted by atomic mass is 16.6. The van der Waals surface area contributed by atoms with Crippen molar-refractivity contribution < 1.29 is 14.8 Å². The van der Waals surface area contributed by atoms with Gasteiger partial charge in [-0.3, -0.25) is 0 Å². The van der Waals surface area contributed by atoms with Crippen molar-refractivity contribution in [3.63, 3.8) is 0 Å². The van der Waals surface area contributed by atoms with Gasteiger partial charge in [-0.15, -0.1) is 0 Å². The minimum Gasteiger partial charge on any atom is -0.483 e. The molecular formula is C9H13N3O4. The van der Waals surface area contributed by atoms with Crippen molar-refractivity contribution in [2.24, 2.45) is 0 Å². The van der Waals surface area contributed by atoms with Crippen molar-refractivity contribution >= 4 is 5.82 Å². The van der Waals surface area contributed by atoms with Crippen LogP contribution < -0.4 is 10.1 Å². The van der Waals surface area contributed by atoms with Crippen LogP contribution in [0.1, 0.15) is 0 Å². The lowest BCUT2D eigenvalue weighted by Crippen LogP contribution is -2.29. The topological polar surface area (TPSA) is 97.5 Å². The molecule has 88 valence electrons. The summed E-state index contributed by atoms with van der Waals surface area (Å²) < 4.78 is 5.12. The Morgan fingerprint density at radius 3 is 3.12 bits per heavy atom. The van der Waals surface area contributed by atoms with Crippen molar-refractivity contribution in [2.45, 2.75) is 6.10 Å². The molecule has 0 spiro atoms. The molecule has 1 aromatic heterocycles. The van der Waals surface area contributed by atoms with Crippen LogP contribution in [0.3, 0.4) is 0 Å². The number of aliphatic hydroxyl groups is 1. The van der Waals surface area contributed by atoms with Gasteiger partial charge in [0.1, 0.15) is 18.9 Å². The number of hydrogen-bond donors (Lipinski definition) is 2. The molecule has 0 bridgehead atoms. The molecule has 7 nitrogen and oxygen atoms in total. The van der Waals surface area contributed by atoms with E-state index in [-0.39, 0.29) is 18.2 Å². The van der Waals surface area contributed by atoms with Crippen molar-refractivity contribution in [1.29, 1.82) is 0 Å². The molecule has 1 unspecified atom stereocenters. The van der Waals surface area contributed by atoms with Gasteiger partial charge in [-0.05, 0) is 29.1 Å². The first-order chi connectivity index (χ1) is 7.65. The summed E-state index contributed by atoms with van der Waals surface area (Å²) in [5.41, 5.74) is 0. The summed E-state index contributed by atoms with van der Waals surface area (Å²) >= 11 is 0. The van der Waals surface area contributed by atoms with Crippen molar-refractivity contribution in [1.82, 2.24) is 10.3 Å². The molecular weight excluding hydrogens is 214 g/mol. The molecule has 1 aromatic rings. The molecule has 0 amide bonds. The Labute approximate surface area is 92.2 Å². The number of pyridine rings is 1. The lowest BCUT2D eigenvalue weighted by Gasteiger charge is -2.11. The highest BCUT2D eigenvalue weighted by molar-refractivity contribution is 5.38. The monoisotopic (exact) mass is 227 g/mol. The quantitative estimate of drug-likeness (QED) is 0.522. The van der Waals surface area contributed by atoms with Gasteiger partial charge in [0.15, 0.2) is 0 Å². The Bertz CT molecular complexity index is 358. The van der Waals surface area contributed by atoms with E-state index < -0.39 is 11.0 Å². The number of aromatic nitrogens is 1. The van der Waals surface area contributed by atoms with E-state index in [1.54, 1.807) is 7.05 Å². The Balaban J connectivity index is 2.63. The maximum Gasteiger partial charge on any atom is 0.406 e. The predicted octanol–water partition coefficient (Wildman–Crippen LogP) is -0.0511. The number of nitrogens with one attached hydrogen (secondary N) is 1. The summed E-state index contributed by atoms with van der Waals surface area (Å²) in [5.74, 6) is -0.290.